The summed E-state index contributed by atoms with van der Waals surface area (Å²) in [5.74, 6) is 0. The Balaban J connectivity index is 1.52. The highest BCUT2D eigenvalue weighted by atomic mass is 28.3. The maximum Gasteiger partial charge on any atom is 0.103 e. The van der Waals surface area contributed by atoms with Gasteiger partial charge in [0.1, 0.15) is 8.80 Å². The van der Waals surface area contributed by atoms with Crippen molar-refractivity contribution in [2.45, 2.75) is 50.9 Å². The summed E-state index contributed by atoms with van der Waals surface area (Å²) in [4.78, 5) is 0. The fourth-order valence-electron chi connectivity index (χ4n) is 4.52. The summed E-state index contributed by atoms with van der Waals surface area (Å²) in [7, 11) is -1.28. The first-order chi connectivity index (χ1) is 14.8. The van der Waals surface area contributed by atoms with Crippen molar-refractivity contribution in [1.82, 2.24) is 5.01 Å². The van der Waals surface area contributed by atoms with Crippen molar-refractivity contribution >= 4 is 19.2 Å². The first-order valence-corrected chi connectivity index (χ1v) is 13.1. The molecule has 0 saturated carbocycles. The van der Waals surface area contributed by atoms with Crippen molar-refractivity contribution in [3.63, 3.8) is 0 Å². The molecule has 154 valence electrons. The lowest BCUT2D eigenvalue weighted by Crippen LogP contribution is -2.44. The lowest BCUT2D eigenvalue weighted by molar-refractivity contribution is 0.201. The van der Waals surface area contributed by atoms with Gasteiger partial charge in [0, 0.05) is 0 Å². The average Bonchev–Trinajstić information content (AvgIpc) is 3.17. The summed E-state index contributed by atoms with van der Waals surface area (Å²) in [5.41, 5.74) is 1.30. The molecule has 0 aromatic heterocycles. The van der Waals surface area contributed by atoms with Crippen LogP contribution in [0.15, 0.2) is 101 Å². The predicted octanol–water partition coefficient (Wildman–Crippen LogP) is 4.84. The molecule has 1 aliphatic heterocycles. The largest absolute Gasteiger partial charge is 0.269 e. The molecule has 0 aliphatic carbocycles. The van der Waals surface area contributed by atoms with Gasteiger partial charge >= 0.3 is 0 Å². The van der Waals surface area contributed by atoms with E-state index in [1.807, 2.05) is 0 Å². The normalized spacial score (nSPS) is 18.3. The third-order valence-corrected chi connectivity index (χ3v) is 9.36. The van der Waals surface area contributed by atoms with Crippen LogP contribution >= 0.6 is 0 Å². The zero-order valence-electron chi connectivity index (χ0n) is 17.8. The van der Waals surface area contributed by atoms with Crippen LogP contribution in [0.5, 0.6) is 0 Å². The van der Waals surface area contributed by atoms with Gasteiger partial charge in [-0.3, -0.25) is 5.01 Å². The van der Waals surface area contributed by atoms with Gasteiger partial charge in [0.15, 0.2) is 0 Å². The van der Waals surface area contributed by atoms with E-state index in [2.05, 4.69) is 113 Å². The van der Waals surface area contributed by atoms with Gasteiger partial charge in [-0.15, -0.1) is 0 Å². The molecule has 4 rings (SSSR count). The molecule has 1 heterocycles. The van der Waals surface area contributed by atoms with Crippen molar-refractivity contribution in [3.8, 4) is 0 Å². The van der Waals surface area contributed by atoms with E-state index in [9.17, 15) is 0 Å². The van der Waals surface area contributed by atoms with Gasteiger partial charge in [0.05, 0.1) is 18.6 Å². The first-order valence-electron chi connectivity index (χ1n) is 11.2. The number of benzene rings is 3. The van der Waals surface area contributed by atoms with Crippen LogP contribution in [0.1, 0.15) is 31.7 Å². The Kier molecular flexibility index (Phi) is 7.09. The first kappa shape index (κ1) is 20.5. The molecule has 1 aliphatic rings. The zero-order chi connectivity index (χ0) is 20.6. The van der Waals surface area contributed by atoms with E-state index in [-0.39, 0.29) is 0 Å². The summed E-state index contributed by atoms with van der Waals surface area (Å²) < 4.78 is 0. The fourth-order valence-corrected chi connectivity index (χ4v) is 7.62. The maximum atomic E-state index is 4.67. The van der Waals surface area contributed by atoms with Crippen LogP contribution in [0.3, 0.4) is 0 Å². The van der Waals surface area contributed by atoms with E-state index in [0.29, 0.717) is 12.1 Å². The molecule has 0 spiro atoms. The van der Waals surface area contributed by atoms with E-state index in [0.717, 1.165) is 25.8 Å². The SMILES string of the molecule is CCC[C@H]1N=NN(Cc2ccccc2)[C@@H]1CC[SiH](c1ccccc1)c1ccccc1. The topological polar surface area (TPSA) is 28.0 Å². The quantitative estimate of drug-likeness (QED) is 0.461. The highest BCUT2D eigenvalue weighted by Crippen LogP contribution is 2.27. The molecule has 30 heavy (non-hydrogen) atoms. The number of hydrogen-bond acceptors (Lipinski definition) is 3. The van der Waals surface area contributed by atoms with Crippen molar-refractivity contribution in [2.75, 3.05) is 0 Å². The third-order valence-electron chi connectivity index (χ3n) is 6.07. The van der Waals surface area contributed by atoms with Crippen LogP contribution < -0.4 is 10.4 Å². The Labute approximate surface area is 182 Å². The highest BCUT2D eigenvalue weighted by Gasteiger charge is 2.33. The van der Waals surface area contributed by atoms with Crippen LogP contribution in [0, 0.1) is 0 Å². The molecule has 2 atom stereocenters. The van der Waals surface area contributed by atoms with Gasteiger partial charge in [-0.2, -0.15) is 5.11 Å². The van der Waals surface area contributed by atoms with Gasteiger partial charge < -0.3 is 0 Å². The van der Waals surface area contributed by atoms with E-state index < -0.39 is 8.80 Å². The molecule has 0 radical (unpaired) electrons. The van der Waals surface area contributed by atoms with Gasteiger partial charge in [-0.25, -0.2) is 0 Å². The van der Waals surface area contributed by atoms with E-state index in [4.69, 9.17) is 0 Å². The minimum atomic E-state index is -1.28. The zero-order valence-corrected chi connectivity index (χ0v) is 18.9. The number of nitrogens with zero attached hydrogens (tertiary/aromatic N) is 3. The molecular weight excluding hydrogens is 382 g/mol. The van der Waals surface area contributed by atoms with E-state index >= 15 is 0 Å². The van der Waals surface area contributed by atoms with Crippen molar-refractivity contribution in [2.24, 2.45) is 10.3 Å². The lowest BCUT2D eigenvalue weighted by Gasteiger charge is -2.27. The summed E-state index contributed by atoms with van der Waals surface area (Å²) in [5, 5.41) is 14.6. The molecule has 0 amide bonds. The van der Waals surface area contributed by atoms with Gasteiger partial charge in [-0.05, 0) is 18.4 Å². The van der Waals surface area contributed by atoms with Crippen molar-refractivity contribution in [1.29, 1.82) is 0 Å². The van der Waals surface area contributed by atoms with Gasteiger partial charge in [0.25, 0.3) is 0 Å². The molecule has 0 bridgehead atoms. The smallest absolute Gasteiger partial charge is 0.103 e. The molecule has 3 aromatic carbocycles. The van der Waals surface area contributed by atoms with Crippen LogP contribution in [0.4, 0.5) is 0 Å². The minimum absolute atomic E-state index is 0.319. The lowest BCUT2D eigenvalue weighted by atomic mass is 10.0. The van der Waals surface area contributed by atoms with Gasteiger partial charge in [-0.1, -0.05) is 126 Å². The molecule has 4 heteroatoms. The van der Waals surface area contributed by atoms with Crippen molar-refractivity contribution < 1.29 is 0 Å². The summed E-state index contributed by atoms with van der Waals surface area (Å²) >= 11 is 0. The van der Waals surface area contributed by atoms with Crippen LogP contribution in [-0.2, 0) is 6.54 Å². The van der Waals surface area contributed by atoms with Crippen molar-refractivity contribution in [3.05, 3.63) is 96.6 Å². The highest BCUT2D eigenvalue weighted by molar-refractivity contribution is 6.85. The van der Waals surface area contributed by atoms with Gasteiger partial charge in [0.2, 0.25) is 0 Å². The molecule has 0 saturated heterocycles. The average molecular weight is 414 g/mol. The molecular formula is C26H31N3Si. The molecule has 0 unspecified atom stereocenters. The monoisotopic (exact) mass is 413 g/mol. The summed E-state index contributed by atoms with van der Waals surface area (Å²) in [6, 6.07) is 34.8. The van der Waals surface area contributed by atoms with Crippen LogP contribution in [0.25, 0.3) is 0 Å². The Morgan fingerprint density at radius 2 is 1.33 bits per heavy atom. The van der Waals surface area contributed by atoms with E-state index in [1.54, 1.807) is 0 Å². The summed E-state index contributed by atoms with van der Waals surface area (Å²) in [6.45, 7) is 3.09. The molecule has 0 fully saturated rings. The maximum absolute atomic E-state index is 4.67. The van der Waals surface area contributed by atoms with Crippen LogP contribution in [-0.4, -0.2) is 25.9 Å². The summed E-state index contributed by atoms with van der Waals surface area (Å²) in [6.07, 6.45) is 3.41. The molecule has 3 nitrogen and oxygen atoms in total. The Hall–Kier alpha value is -2.72. The van der Waals surface area contributed by atoms with E-state index in [1.165, 1.54) is 22.0 Å². The Morgan fingerprint density at radius 3 is 1.90 bits per heavy atom. The second-order valence-electron chi connectivity index (χ2n) is 8.16. The Bertz CT molecular complexity index is 875. The number of hydrogen-bond donors (Lipinski definition) is 0. The number of rotatable bonds is 9. The second kappa shape index (κ2) is 10.3. The molecule has 3 aromatic rings. The second-order valence-corrected chi connectivity index (χ2v) is 11.2. The fraction of sp³-hybridized carbons (Fsp3) is 0.308. The minimum Gasteiger partial charge on any atom is -0.269 e. The Morgan fingerprint density at radius 1 is 0.767 bits per heavy atom. The third kappa shape index (κ3) is 5.06. The standard InChI is InChI=1S/C26H31N3Si/c1-2-12-25-26(29(28-27-25)21-22-13-6-3-7-14-22)19-20-30(23-15-8-4-9-16-23)24-17-10-5-11-18-24/h3-11,13-18,25-26,30H,2,12,19-21H2,1H3/t25-,26-/m1/s1. The molecule has 0 N–H and O–H groups in total. The van der Waals surface area contributed by atoms with Crippen LogP contribution in [0.2, 0.25) is 6.04 Å². The predicted molar refractivity (Wildman–Crippen MR) is 128 cm³/mol.